The Bertz CT molecular complexity index is 132. The minimum Gasteiger partial charge on any atom is -0.390 e. The van der Waals surface area contributed by atoms with E-state index in [0.717, 1.165) is 13.0 Å². The molecule has 0 radical (unpaired) electrons. The van der Waals surface area contributed by atoms with E-state index in [1.54, 1.807) is 0 Å². The van der Waals surface area contributed by atoms with Crippen LogP contribution < -0.4 is 0 Å². The van der Waals surface area contributed by atoms with Crippen LogP contribution in [0, 0.1) is 5.92 Å². The monoisotopic (exact) mass is 186 g/mol. The van der Waals surface area contributed by atoms with Gasteiger partial charge in [-0.1, -0.05) is 39.5 Å². The summed E-state index contributed by atoms with van der Waals surface area (Å²) in [6.45, 7) is 5.19. The summed E-state index contributed by atoms with van der Waals surface area (Å²) in [4.78, 5) is 0. The van der Waals surface area contributed by atoms with Gasteiger partial charge in [0, 0.05) is 0 Å². The van der Waals surface area contributed by atoms with Crippen LogP contribution >= 0.6 is 0 Å². The number of ether oxygens (including phenoxy) is 1. The first-order valence-corrected chi connectivity index (χ1v) is 5.57. The Balaban J connectivity index is 2.13. The van der Waals surface area contributed by atoms with Crippen molar-refractivity contribution in [3.05, 3.63) is 0 Å². The fourth-order valence-corrected chi connectivity index (χ4v) is 1.75. The summed E-state index contributed by atoms with van der Waals surface area (Å²) in [5, 5.41) is 9.66. The summed E-state index contributed by atoms with van der Waals surface area (Å²) in [6, 6.07) is 0. The lowest BCUT2D eigenvalue weighted by Crippen LogP contribution is -2.19. The number of hydrogen-bond donors (Lipinski definition) is 1. The number of aliphatic hydroxyl groups excluding tert-OH is 1. The Morgan fingerprint density at radius 2 is 2.15 bits per heavy atom. The molecule has 78 valence electrons. The van der Waals surface area contributed by atoms with Crippen molar-refractivity contribution < 1.29 is 9.84 Å². The van der Waals surface area contributed by atoms with Crippen molar-refractivity contribution >= 4 is 0 Å². The number of rotatable bonds is 7. The van der Waals surface area contributed by atoms with Gasteiger partial charge in [0.2, 0.25) is 0 Å². The fourth-order valence-electron chi connectivity index (χ4n) is 1.75. The predicted octanol–water partition coefficient (Wildman–Crippen LogP) is 2.35. The van der Waals surface area contributed by atoms with Crippen LogP contribution in [0.1, 0.15) is 46.0 Å². The van der Waals surface area contributed by atoms with Gasteiger partial charge in [-0.25, -0.2) is 0 Å². The second kappa shape index (κ2) is 5.61. The van der Waals surface area contributed by atoms with Crippen molar-refractivity contribution in [3.8, 4) is 0 Å². The molecule has 1 fully saturated rings. The molecule has 0 saturated carbocycles. The molecule has 1 aliphatic rings. The largest absolute Gasteiger partial charge is 0.390 e. The topological polar surface area (TPSA) is 32.8 Å². The lowest BCUT2D eigenvalue weighted by Gasteiger charge is -2.17. The highest BCUT2D eigenvalue weighted by Crippen LogP contribution is 2.24. The molecule has 0 bridgehead atoms. The van der Waals surface area contributed by atoms with E-state index in [-0.39, 0.29) is 12.2 Å². The minimum atomic E-state index is -0.207. The molecule has 1 aliphatic heterocycles. The van der Waals surface area contributed by atoms with Crippen LogP contribution in [0.3, 0.4) is 0 Å². The third-order valence-electron chi connectivity index (χ3n) is 2.91. The quantitative estimate of drug-likeness (QED) is 0.619. The molecule has 1 heterocycles. The third kappa shape index (κ3) is 4.10. The molecule has 1 N–H and O–H groups in total. The molecule has 0 aromatic heterocycles. The van der Waals surface area contributed by atoms with Crippen molar-refractivity contribution in [1.82, 2.24) is 0 Å². The molecule has 2 nitrogen and oxygen atoms in total. The van der Waals surface area contributed by atoms with Gasteiger partial charge >= 0.3 is 0 Å². The van der Waals surface area contributed by atoms with E-state index in [0.29, 0.717) is 5.92 Å². The molecule has 0 aromatic rings. The average Bonchev–Trinajstić information content (AvgIpc) is 2.94. The Morgan fingerprint density at radius 1 is 1.46 bits per heavy atom. The molecular formula is C11H22O2. The molecule has 2 heteroatoms. The van der Waals surface area contributed by atoms with Crippen molar-refractivity contribution in [2.45, 2.75) is 58.2 Å². The third-order valence-corrected chi connectivity index (χ3v) is 2.91. The second-order valence-electron chi connectivity index (χ2n) is 4.09. The zero-order valence-corrected chi connectivity index (χ0v) is 8.83. The van der Waals surface area contributed by atoms with Crippen LogP contribution in [0.25, 0.3) is 0 Å². The fraction of sp³-hybridized carbons (Fsp3) is 1.00. The molecule has 0 aromatic carbocycles. The van der Waals surface area contributed by atoms with Gasteiger partial charge in [-0.05, 0) is 12.3 Å². The SMILES string of the molecule is CCCCC(CC)CC(O)C1CO1. The maximum Gasteiger partial charge on any atom is 0.107 e. The van der Waals surface area contributed by atoms with Gasteiger partial charge in [-0.15, -0.1) is 0 Å². The summed E-state index contributed by atoms with van der Waals surface area (Å²) in [6.07, 6.45) is 5.88. The molecule has 1 saturated heterocycles. The maximum atomic E-state index is 9.66. The van der Waals surface area contributed by atoms with E-state index in [9.17, 15) is 5.11 Å². The Hall–Kier alpha value is -0.0800. The average molecular weight is 186 g/mol. The van der Waals surface area contributed by atoms with E-state index in [1.165, 1.54) is 25.7 Å². The highest BCUT2D eigenvalue weighted by Gasteiger charge is 2.32. The first kappa shape index (κ1) is 11.0. The molecule has 3 unspecified atom stereocenters. The second-order valence-corrected chi connectivity index (χ2v) is 4.09. The number of aliphatic hydroxyl groups is 1. The van der Waals surface area contributed by atoms with Gasteiger partial charge in [0.25, 0.3) is 0 Å². The highest BCUT2D eigenvalue weighted by molar-refractivity contribution is 4.80. The molecule has 0 amide bonds. The molecule has 0 aliphatic carbocycles. The van der Waals surface area contributed by atoms with Crippen molar-refractivity contribution in [2.75, 3.05) is 6.61 Å². The van der Waals surface area contributed by atoms with E-state index >= 15 is 0 Å². The van der Waals surface area contributed by atoms with Crippen LogP contribution in [0.15, 0.2) is 0 Å². The number of epoxide rings is 1. The summed E-state index contributed by atoms with van der Waals surface area (Å²) >= 11 is 0. The molecule has 13 heavy (non-hydrogen) atoms. The lowest BCUT2D eigenvalue weighted by atomic mass is 9.92. The molecule has 1 rings (SSSR count). The van der Waals surface area contributed by atoms with Gasteiger partial charge < -0.3 is 9.84 Å². The van der Waals surface area contributed by atoms with Gasteiger partial charge in [0.15, 0.2) is 0 Å². The summed E-state index contributed by atoms with van der Waals surface area (Å²) < 4.78 is 5.07. The number of unbranched alkanes of at least 4 members (excludes halogenated alkanes) is 1. The highest BCUT2D eigenvalue weighted by atomic mass is 16.6. The maximum absolute atomic E-state index is 9.66. The summed E-state index contributed by atoms with van der Waals surface area (Å²) in [5.74, 6) is 0.694. The molecule has 0 spiro atoms. The Kier molecular flexibility index (Phi) is 4.74. The van der Waals surface area contributed by atoms with Crippen molar-refractivity contribution in [1.29, 1.82) is 0 Å². The first-order valence-electron chi connectivity index (χ1n) is 5.57. The first-order chi connectivity index (χ1) is 6.27. The molecule has 3 atom stereocenters. The van der Waals surface area contributed by atoms with E-state index in [2.05, 4.69) is 13.8 Å². The number of hydrogen-bond acceptors (Lipinski definition) is 2. The Morgan fingerprint density at radius 3 is 2.62 bits per heavy atom. The van der Waals surface area contributed by atoms with Crippen LogP contribution in [0.4, 0.5) is 0 Å². The van der Waals surface area contributed by atoms with Crippen molar-refractivity contribution in [2.24, 2.45) is 5.92 Å². The van der Waals surface area contributed by atoms with Crippen molar-refractivity contribution in [3.63, 3.8) is 0 Å². The predicted molar refractivity (Wildman–Crippen MR) is 53.7 cm³/mol. The Labute approximate surface area is 81.3 Å². The smallest absolute Gasteiger partial charge is 0.107 e. The summed E-state index contributed by atoms with van der Waals surface area (Å²) in [5.41, 5.74) is 0. The minimum absolute atomic E-state index is 0.163. The van der Waals surface area contributed by atoms with Gasteiger partial charge in [0.1, 0.15) is 6.10 Å². The van der Waals surface area contributed by atoms with E-state index in [1.807, 2.05) is 0 Å². The standard InChI is InChI=1S/C11H22O2/c1-3-5-6-9(4-2)7-10(12)11-8-13-11/h9-12H,3-8H2,1-2H3. The van der Waals surface area contributed by atoms with Gasteiger partial charge in [-0.2, -0.15) is 0 Å². The van der Waals surface area contributed by atoms with E-state index < -0.39 is 0 Å². The van der Waals surface area contributed by atoms with Gasteiger partial charge in [0.05, 0.1) is 12.7 Å². The zero-order valence-electron chi connectivity index (χ0n) is 8.83. The molecular weight excluding hydrogens is 164 g/mol. The van der Waals surface area contributed by atoms with E-state index in [4.69, 9.17) is 4.74 Å². The van der Waals surface area contributed by atoms with Crippen LogP contribution in [-0.2, 0) is 4.74 Å². The van der Waals surface area contributed by atoms with Gasteiger partial charge in [-0.3, -0.25) is 0 Å². The van der Waals surface area contributed by atoms with Crippen LogP contribution in [-0.4, -0.2) is 23.9 Å². The zero-order chi connectivity index (χ0) is 9.68. The lowest BCUT2D eigenvalue weighted by molar-refractivity contribution is 0.105. The van der Waals surface area contributed by atoms with Crippen LogP contribution in [0.5, 0.6) is 0 Å². The van der Waals surface area contributed by atoms with Crippen LogP contribution in [0.2, 0.25) is 0 Å². The summed E-state index contributed by atoms with van der Waals surface area (Å²) in [7, 11) is 0. The normalized spacial score (nSPS) is 25.6.